The van der Waals surface area contributed by atoms with Gasteiger partial charge in [-0.25, -0.2) is 0 Å². The van der Waals surface area contributed by atoms with Crippen LogP contribution < -0.4 is 5.32 Å². The maximum Gasteiger partial charge on any atom is 0.243 e. The van der Waals surface area contributed by atoms with Crippen molar-refractivity contribution in [1.82, 2.24) is 5.32 Å². The normalized spacial score (nSPS) is 14.9. The van der Waals surface area contributed by atoms with E-state index < -0.39 is 6.10 Å². The summed E-state index contributed by atoms with van der Waals surface area (Å²) in [7, 11) is 0. The fourth-order valence-corrected chi connectivity index (χ4v) is 0.843. The van der Waals surface area contributed by atoms with Gasteiger partial charge in [-0.3, -0.25) is 4.79 Å². The Morgan fingerprint density at radius 3 is 2.75 bits per heavy atom. The molecule has 0 saturated carbocycles. The predicted octanol–water partition coefficient (Wildman–Crippen LogP) is -0.580. The Hall–Kier alpha value is -0.870. The number of hydrogen-bond donors (Lipinski definition) is 3. The molecule has 0 fully saturated rings. The summed E-state index contributed by atoms with van der Waals surface area (Å²) in [5, 5.41) is 20.0. The lowest BCUT2D eigenvalue weighted by Gasteiger charge is -2.14. The Morgan fingerprint density at radius 1 is 1.75 bits per heavy atom. The number of amides is 1. The van der Waals surface area contributed by atoms with E-state index in [0.717, 1.165) is 0 Å². The van der Waals surface area contributed by atoms with Gasteiger partial charge in [-0.2, -0.15) is 0 Å². The van der Waals surface area contributed by atoms with Gasteiger partial charge in [0.2, 0.25) is 5.91 Å². The molecule has 0 bridgehead atoms. The van der Waals surface area contributed by atoms with E-state index in [2.05, 4.69) is 11.9 Å². The topological polar surface area (TPSA) is 69.6 Å². The molecule has 0 heterocycles. The van der Waals surface area contributed by atoms with Crippen molar-refractivity contribution >= 4 is 5.91 Å². The predicted molar refractivity (Wildman–Crippen MR) is 45.5 cm³/mol. The van der Waals surface area contributed by atoms with Crippen LogP contribution in [0, 0.1) is 0 Å². The van der Waals surface area contributed by atoms with Crippen molar-refractivity contribution in [2.24, 2.45) is 0 Å². The molecule has 2 atom stereocenters. The third-order valence-electron chi connectivity index (χ3n) is 1.41. The van der Waals surface area contributed by atoms with Crippen LogP contribution in [0.4, 0.5) is 0 Å². The fourth-order valence-electron chi connectivity index (χ4n) is 0.843. The van der Waals surface area contributed by atoms with Crippen LogP contribution in [0.1, 0.15) is 13.3 Å². The molecule has 1 amide bonds. The van der Waals surface area contributed by atoms with Gasteiger partial charge < -0.3 is 15.5 Å². The highest BCUT2D eigenvalue weighted by Gasteiger charge is 2.09. The number of aliphatic hydroxyl groups is 2. The molecular formula is C8H15NO3. The second-order valence-electron chi connectivity index (χ2n) is 2.69. The first-order valence-electron chi connectivity index (χ1n) is 3.82. The van der Waals surface area contributed by atoms with E-state index in [-0.39, 0.29) is 18.6 Å². The fraction of sp³-hybridized carbons (Fsp3) is 0.625. The molecule has 70 valence electrons. The van der Waals surface area contributed by atoms with Gasteiger partial charge in [-0.15, -0.1) is 0 Å². The van der Waals surface area contributed by atoms with Crippen LogP contribution in [0.15, 0.2) is 12.7 Å². The summed E-state index contributed by atoms with van der Waals surface area (Å²) in [5.74, 6) is -0.271. The number of rotatable bonds is 5. The highest BCUT2D eigenvalue weighted by Crippen LogP contribution is 1.96. The maximum absolute atomic E-state index is 10.7. The van der Waals surface area contributed by atoms with E-state index >= 15 is 0 Å². The molecule has 0 spiro atoms. The first kappa shape index (κ1) is 11.1. The minimum Gasteiger partial charge on any atom is -0.394 e. The highest BCUT2D eigenvalue weighted by atomic mass is 16.3. The van der Waals surface area contributed by atoms with Crippen LogP contribution in [0.3, 0.4) is 0 Å². The molecule has 0 radical (unpaired) electrons. The standard InChI is InChI=1S/C8H15NO3/c1-3-8(12)9-6(2)4-7(11)5-10/h3,6-7,10-11H,1,4-5H2,2H3,(H,9,12). The number of aliphatic hydroxyl groups excluding tert-OH is 2. The molecule has 0 saturated heterocycles. The van der Waals surface area contributed by atoms with E-state index in [4.69, 9.17) is 10.2 Å². The van der Waals surface area contributed by atoms with Gasteiger partial charge in [-0.05, 0) is 19.4 Å². The number of hydrogen-bond acceptors (Lipinski definition) is 3. The lowest BCUT2D eigenvalue weighted by molar-refractivity contribution is -0.117. The maximum atomic E-state index is 10.7. The summed E-state index contributed by atoms with van der Waals surface area (Å²) in [6, 6.07) is -0.155. The Morgan fingerprint density at radius 2 is 2.33 bits per heavy atom. The molecule has 4 nitrogen and oxygen atoms in total. The second kappa shape index (κ2) is 5.74. The van der Waals surface area contributed by atoms with Crippen molar-refractivity contribution in [1.29, 1.82) is 0 Å². The van der Waals surface area contributed by atoms with E-state index in [1.54, 1.807) is 6.92 Å². The first-order chi connectivity index (χ1) is 5.60. The summed E-state index contributed by atoms with van der Waals surface area (Å²) in [6.07, 6.45) is 0.739. The zero-order chi connectivity index (χ0) is 9.56. The molecule has 2 unspecified atom stereocenters. The van der Waals surface area contributed by atoms with Crippen LogP contribution in [0.5, 0.6) is 0 Å². The van der Waals surface area contributed by atoms with E-state index in [0.29, 0.717) is 6.42 Å². The summed E-state index contributed by atoms with van der Waals surface area (Å²) in [4.78, 5) is 10.7. The van der Waals surface area contributed by atoms with Gasteiger partial charge in [0.15, 0.2) is 0 Å². The largest absolute Gasteiger partial charge is 0.394 e. The third-order valence-corrected chi connectivity index (χ3v) is 1.41. The molecule has 0 rings (SSSR count). The van der Waals surface area contributed by atoms with Gasteiger partial charge >= 0.3 is 0 Å². The average molecular weight is 173 g/mol. The smallest absolute Gasteiger partial charge is 0.243 e. The van der Waals surface area contributed by atoms with E-state index in [1.807, 2.05) is 0 Å². The van der Waals surface area contributed by atoms with Crippen molar-refractivity contribution < 1.29 is 15.0 Å². The average Bonchev–Trinajstić information content (AvgIpc) is 2.03. The minimum atomic E-state index is -0.773. The summed E-state index contributed by atoms with van der Waals surface area (Å²) < 4.78 is 0. The highest BCUT2D eigenvalue weighted by molar-refractivity contribution is 5.87. The van der Waals surface area contributed by atoms with Crippen LogP contribution in [-0.2, 0) is 4.79 Å². The Balaban J connectivity index is 3.65. The molecule has 0 aromatic rings. The lowest BCUT2D eigenvalue weighted by atomic mass is 10.1. The molecule has 0 aliphatic rings. The van der Waals surface area contributed by atoms with Crippen LogP contribution in [0.2, 0.25) is 0 Å². The molecule has 0 aromatic carbocycles. The summed E-state index contributed by atoms with van der Waals surface area (Å²) in [5.41, 5.74) is 0. The minimum absolute atomic E-state index is 0.155. The number of carbonyl (C=O) groups excluding carboxylic acids is 1. The Kier molecular flexibility index (Phi) is 5.32. The van der Waals surface area contributed by atoms with Crippen molar-refractivity contribution in [3.63, 3.8) is 0 Å². The monoisotopic (exact) mass is 173 g/mol. The number of carbonyl (C=O) groups is 1. The van der Waals surface area contributed by atoms with Crippen molar-refractivity contribution in [2.45, 2.75) is 25.5 Å². The summed E-state index contributed by atoms with van der Waals surface area (Å²) in [6.45, 7) is 4.76. The molecule has 4 heteroatoms. The third kappa shape index (κ3) is 4.87. The van der Waals surface area contributed by atoms with Crippen LogP contribution >= 0.6 is 0 Å². The lowest BCUT2D eigenvalue weighted by Crippen LogP contribution is -2.34. The number of nitrogens with one attached hydrogen (secondary N) is 1. The van der Waals surface area contributed by atoms with E-state index in [1.165, 1.54) is 6.08 Å². The molecule has 0 aliphatic carbocycles. The van der Waals surface area contributed by atoms with Gasteiger partial charge in [0.1, 0.15) is 0 Å². The Bertz CT molecular complexity index is 158. The van der Waals surface area contributed by atoms with E-state index in [9.17, 15) is 4.79 Å². The van der Waals surface area contributed by atoms with Crippen molar-refractivity contribution in [3.8, 4) is 0 Å². The molecule has 3 N–H and O–H groups in total. The van der Waals surface area contributed by atoms with Crippen molar-refractivity contribution in [2.75, 3.05) is 6.61 Å². The molecule has 12 heavy (non-hydrogen) atoms. The SMILES string of the molecule is C=CC(=O)NC(C)CC(O)CO. The molecule has 0 aliphatic heterocycles. The van der Waals surface area contributed by atoms with Crippen LogP contribution in [-0.4, -0.2) is 34.9 Å². The summed E-state index contributed by atoms with van der Waals surface area (Å²) >= 11 is 0. The van der Waals surface area contributed by atoms with Gasteiger partial charge in [0.25, 0.3) is 0 Å². The van der Waals surface area contributed by atoms with Gasteiger partial charge in [0, 0.05) is 6.04 Å². The quantitative estimate of drug-likeness (QED) is 0.487. The van der Waals surface area contributed by atoms with Gasteiger partial charge in [0.05, 0.1) is 12.7 Å². The first-order valence-corrected chi connectivity index (χ1v) is 3.82. The molecular weight excluding hydrogens is 158 g/mol. The van der Waals surface area contributed by atoms with Crippen molar-refractivity contribution in [3.05, 3.63) is 12.7 Å². The Labute approximate surface area is 71.9 Å². The van der Waals surface area contributed by atoms with Gasteiger partial charge in [-0.1, -0.05) is 6.58 Å². The zero-order valence-corrected chi connectivity index (χ0v) is 7.16. The second-order valence-corrected chi connectivity index (χ2v) is 2.69. The zero-order valence-electron chi connectivity index (χ0n) is 7.16. The molecule has 0 aromatic heterocycles. The van der Waals surface area contributed by atoms with Crippen LogP contribution in [0.25, 0.3) is 0 Å².